The van der Waals surface area contributed by atoms with Crippen LogP contribution in [-0.2, 0) is 11.2 Å². The van der Waals surface area contributed by atoms with E-state index in [-0.39, 0.29) is 24.1 Å². The van der Waals surface area contributed by atoms with Crippen molar-refractivity contribution in [1.29, 1.82) is 0 Å². The second kappa shape index (κ2) is 7.67. The van der Waals surface area contributed by atoms with E-state index < -0.39 is 0 Å². The molecule has 3 nitrogen and oxygen atoms in total. The molecule has 0 radical (unpaired) electrons. The van der Waals surface area contributed by atoms with Crippen LogP contribution >= 0.6 is 0 Å². The van der Waals surface area contributed by atoms with E-state index >= 15 is 0 Å². The highest BCUT2D eigenvalue weighted by Crippen LogP contribution is 2.22. The molecule has 0 heterocycles. The lowest BCUT2D eigenvalue weighted by Gasteiger charge is -2.20. The molecular formula is C22H21NO2. The highest BCUT2D eigenvalue weighted by Gasteiger charge is 2.16. The summed E-state index contributed by atoms with van der Waals surface area (Å²) >= 11 is 0. The molecule has 0 bridgehead atoms. The number of rotatable bonds is 5. The molecule has 1 atom stereocenters. The second-order valence-electron chi connectivity index (χ2n) is 6.17. The number of nitrogens with one attached hydrogen (secondary N) is 1. The minimum atomic E-state index is -0.189. The third-order valence-corrected chi connectivity index (χ3v) is 4.15. The van der Waals surface area contributed by atoms with E-state index in [1.165, 1.54) is 5.56 Å². The van der Waals surface area contributed by atoms with Crippen LogP contribution in [-0.4, -0.2) is 11.0 Å². The van der Waals surface area contributed by atoms with Crippen molar-refractivity contribution in [2.24, 2.45) is 0 Å². The minimum Gasteiger partial charge on any atom is -0.508 e. The van der Waals surface area contributed by atoms with Crippen molar-refractivity contribution in [3.8, 4) is 5.75 Å². The van der Waals surface area contributed by atoms with Gasteiger partial charge in [-0.2, -0.15) is 0 Å². The molecule has 2 N–H and O–H groups in total. The van der Waals surface area contributed by atoms with Gasteiger partial charge in [-0.15, -0.1) is 0 Å². The molecule has 0 aromatic heterocycles. The molecule has 0 spiro atoms. The van der Waals surface area contributed by atoms with Crippen LogP contribution in [0.25, 0.3) is 0 Å². The Bertz CT molecular complexity index is 824. The summed E-state index contributed by atoms with van der Waals surface area (Å²) in [5.41, 5.74) is 4.15. The molecule has 0 aliphatic carbocycles. The Hall–Kier alpha value is -3.07. The fourth-order valence-corrected chi connectivity index (χ4v) is 2.77. The SMILES string of the molecule is Cc1ccc(C(NC(=O)Cc2ccc(O)cc2)c2ccccc2)cc1. The summed E-state index contributed by atoms with van der Waals surface area (Å²) in [5.74, 6) is 0.145. The van der Waals surface area contributed by atoms with Gasteiger partial charge in [-0.3, -0.25) is 4.79 Å². The van der Waals surface area contributed by atoms with Crippen LogP contribution < -0.4 is 5.32 Å². The number of hydrogen-bond acceptors (Lipinski definition) is 2. The second-order valence-corrected chi connectivity index (χ2v) is 6.17. The molecule has 1 amide bonds. The maximum Gasteiger partial charge on any atom is 0.225 e. The summed E-state index contributed by atoms with van der Waals surface area (Å²) in [6.45, 7) is 2.05. The van der Waals surface area contributed by atoms with E-state index in [1.54, 1.807) is 24.3 Å². The first kappa shape index (κ1) is 16.8. The Morgan fingerprint density at radius 2 is 1.48 bits per heavy atom. The maximum atomic E-state index is 12.5. The standard InChI is InChI=1S/C22H21NO2/c1-16-7-11-19(12-8-16)22(18-5-3-2-4-6-18)23-21(25)15-17-9-13-20(24)14-10-17/h2-14,22,24H,15H2,1H3,(H,23,25). The van der Waals surface area contributed by atoms with Gasteiger partial charge in [0.05, 0.1) is 12.5 Å². The highest BCUT2D eigenvalue weighted by molar-refractivity contribution is 5.79. The molecule has 25 heavy (non-hydrogen) atoms. The maximum absolute atomic E-state index is 12.5. The van der Waals surface area contributed by atoms with Crippen LogP contribution in [0.4, 0.5) is 0 Å². The van der Waals surface area contributed by atoms with Gasteiger partial charge in [-0.25, -0.2) is 0 Å². The van der Waals surface area contributed by atoms with Gasteiger partial charge in [-0.1, -0.05) is 72.3 Å². The van der Waals surface area contributed by atoms with Crippen LogP contribution in [0.15, 0.2) is 78.9 Å². The zero-order chi connectivity index (χ0) is 17.6. The molecule has 0 aliphatic rings. The van der Waals surface area contributed by atoms with Gasteiger partial charge in [0.2, 0.25) is 5.91 Å². The third-order valence-electron chi connectivity index (χ3n) is 4.15. The first-order chi connectivity index (χ1) is 12.1. The van der Waals surface area contributed by atoms with Gasteiger partial charge in [0, 0.05) is 0 Å². The summed E-state index contributed by atoms with van der Waals surface area (Å²) in [5, 5.41) is 12.5. The molecular weight excluding hydrogens is 310 g/mol. The Balaban J connectivity index is 1.81. The van der Waals surface area contributed by atoms with Crippen molar-refractivity contribution in [1.82, 2.24) is 5.32 Å². The van der Waals surface area contributed by atoms with Gasteiger partial charge < -0.3 is 10.4 Å². The van der Waals surface area contributed by atoms with E-state index in [0.717, 1.165) is 16.7 Å². The van der Waals surface area contributed by atoms with Crippen molar-refractivity contribution in [2.45, 2.75) is 19.4 Å². The number of phenols is 1. The van der Waals surface area contributed by atoms with Crippen molar-refractivity contribution in [3.63, 3.8) is 0 Å². The number of phenolic OH excluding ortho intramolecular Hbond substituents is 1. The van der Waals surface area contributed by atoms with Crippen molar-refractivity contribution in [2.75, 3.05) is 0 Å². The van der Waals surface area contributed by atoms with Crippen molar-refractivity contribution >= 4 is 5.91 Å². The Morgan fingerprint density at radius 1 is 0.880 bits per heavy atom. The summed E-state index contributed by atoms with van der Waals surface area (Å²) in [6.07, 6.45) is 0.273. The summed E-state index contributed by atoms with van der Waals surface area (Å²) in [7, 11) is 0. The fraction of sp³-hybridized carbons (Fsp3) is 0.136. The molecule has 3 aromatic carbocycles. The van der Waals surface area contributed by atoms with Crippen LogP contribution in [0.2, 0.25) is 0 Å². The zero-order valence-electron chi connectivity index (χ0n) is 14.1. The van der Waals surface area contributed by atoms with Gasteiger partial charge in [0.15, 0.2) is 0 Å². The zero-order valence-corrected chi connectivity index (χ0v) is 14.1. The number of carbonyl (C=O) groups excluding carboxylic acids is 1. The monoisotopic (exact) mass is 331 g/mol. The van der Waals surface area contributed by atoms with Crippen LogP contribution in [0.3, 0.4) is 0 Å². The van der Waals surface area contributed by atoms with Crippen LogP contribution in [0, 0.1) is 6.92 Å². The van der Waals surface area contributed by atoms with E-state index in [4.69, 9.17) is 0 Å². The summed E-state index contributed by atoms with van der Waals surface area (Å²) < 4.78 is 0. The topological polar surface area (TPSA) is 49.3 Å². The number of amides is 1. The lowest BCUT2D eigenvalue weighted by atomic mass is 9.97. The van der Waals surface area contributed by atoms with Crippen LogP contribution in [0.1, 0.15) is 28.3 Å². The summed E-state index contributed by atoms with van der Waals surface area (Å²) in [4.78, 5) is 12.5. The number of carbonyl (C=O) groups is 1. The number of benzene rings is 3. The Kier molecular flexibility index (Phi) is 5.14. The Morgan fingerprint density at radius 3 is 2.12 bits per heavy atom. The average molecular weight is 331 g/mol. The normalized spacial score (nSPS) is 11.7. The Labute approximate surface area is 148 Å². The molecule has 3 heteroatoms. The number of aromatic hydroxyl groups is 1. The third kappa shape index (κ3) is 4.48. The van der Waals surface area contributed by atoms with E-state index in [2.05, 4.69) is 17.4 Å². The molecule has 3 rings (SSSR count). The molecule has 3 aromatic rings. The smallest absolute Gasteiger partial charge is 0.225 e. The lowest BCUT2D eigenvalue weighted by molar-refractivity contribution is -0.120. The molecule has 1 unspecified atom stereocenters. The van der Waals surface area contributed by atoms with E-state index in [0.29, 0.717) is 0 Å². The predicted molar refractivity (Wildman–Crippen MR) is 99.4 cm³/mol. The van der Waals surface area contributed by atoms with Crippen LogP contribution in [0.5, 0.6) is 5.75 Å². The molecule has 0 aliphatic heterocycles. The van der Waals surface area contributed by atoms with Gasteiger partial charge >= 0.3 is 0 Å². The fourth-order valence-electron chi connectivity index (χ4n) is 2.77. The minimum absolute atomic E-state index is 0.0554. The largest absolute Gasteiger partial charge is 0.508 e. The van der Waals surface area contributed by atoms with Crippen molar-refractivity contribution in [3.05, 3.63) is 101 Å². The lowest BCUT2D eigenvalue weighted by Crippen LogP contribution is -2.30. The van der Waals surface area contributed by atoms with Gasteiger partial charge in [0.25, 0.3) is 0 Å². The van der Waals surface area contributed by atoms with E-state index in [1.807, 2.05) is 49.4 Å². The number of aryl methyl sites for hydroxylation is 1. The molecule has 0 fully saturated rings. The molecule has 0 saturated heterocycles. The first-order valence-electron chi connectivity index (χ1n) is 8.30. The first-order valence-corrected chi connectivity index (χ1v) is 8.30. The summed E-state index contributed by atoms with van der Waals surface area (Å²) in [6, 6.07) is 24.7. The average Bonchev–Trinajstić information content (AvgIpc) is 2.63. The predicted octanol–water partition coefficient (Wildman–Crippen LogP) is 4.15. The van der Waals surface area contributed by atoms with Gasteiger partial charge in [0.1, 0.15) is 5.75 Å². The van der Waals surface area contributed by atoms with E-state index in [9.17, 15) is 9.90 Å². The quantitative estimate of drug-likeness (QED) is 0.738. The van der Waals surface area contributed by atoms with Gasteiger partial charge in [-0.05, 0) is 35.7 Å². The molecule has 0 saturated carbocycles. The molecule has 126 valence electrons. The highest BCUT2D eigenvalue weighted by atomic mass is 16.3. The number of hydrogen-bond donors (Lipinski definition) is 2. The van der Waals surface area contributed by atoms with Crippen molar-refractivity contribution < 1.29 is 9.90 Å².